The van der Waals surface area contributed by atoms with E-state index in [4.69, 9.17) is 5.10 Å². The predicted octanol–water partition coefficient (Wildman–Crippen LogP) is 5.94. The van der Waals surface area contributed by atoms with Gasteiger partial charge in [0, 0.05) is 29.4 Å². The molecule has 1 aromatic rings. The summed E-state index contributed by atoms with van der Waals surface area (Å²) in [5.74, 6) is 3.71. The first kappa shape index (κ1) is 19.5. The largest absolute Gasteiger partial charge is 0.272 e. The molecule has 4 aliphatic rings. The predicted molar refractivity (Wildman–Crippen MR) is 119 cm³/mol. The van der Waals surface area contributed by atoms with Crippen molar-refractivity contribution in [2.75, 3.05) is 0 Å². The Labute approximate surface area is 176 Å². The van der Waals surface area contributed by atoms with E-state index in [1.807, 2.05) is 24.1 Å². The molecule has 4 nitrogen and oxygen atoms in total. The standard InChI is InChI=1S/C25H38N4/c1-17-18(16-27-29(17)4)15-26-28-23-11-10-21-20-9-8-19-7-5-6-13-24(19,2)22(20)12-14-25(21,23)3/h15-16,19-22H,5-14H2,1-4H3/b26-15-,28-23+/t19-,20+,21+,22+,24-,25-/m0/s1. The molecule has 0 spiro atoms. The molecule has 158 valence electrons. The summed E-state index contributed by atoms with van der Waals surface area (Å²) < 4.78 is 1.89. The van der Waals surface area contributed by atoms with E-state index < -0.39 is 0 Å². The molecule has 1 aromatic heterocycles. The molecular weight excluding hydrogens is 356 g/mol. The molecule has 4 aliphatic carbocycles. The van der Waals surface area contributed by atoms with E-state index in [0.29, 0.717) is 5.41 Å². The molecule has 4 saturated carbocycles. The second kappa shape index (κ2) is 7.06. The van der Waals surface area contributed by atoms with Crippen LogP contribution in [0.4, 0.5) is 0 Å². The lowest BCUT2D eigenvalue weighted by Gasteiger charge is -2.59. The molecular formula is C25H38N4. The van der Waals surface area contributed by atoms with Crippen molar-refractivity contribution in [2.24, 2.45) is 51.8 Å². The highest BCUT2D eigenvalue weighted by Crippen LogP contribution is 2.65. The molecule has 4 heteroatoms. The van der Waals surface area contributed by atoms with Crippen molar-refractivity contribution in [2.45, 2.75) is 85.0 Å². The van der Waals surface area contributed by atoms with Crippen LogP contribution in [0, 0.1) is 41.4 Å². The van der Waals surface area contributed by atoms with Crippen molar-refractivity contribution in [3.05, 3.63) is 17.5 Å². The van der Waals surface area contributed by atoms with Gasteiger partial charge in [0.1, 0.15) is 0 Å². The van der Waals surface area contributed by atoms with Crippen molar-refractivity contribution in [1.82, 2.24) is 9.78 Å². The van der Waals surface area contributed by atoms with Gasteiger partial charge in [-0.25, -0.2) is 0 Å². The summed E-state index contributed by atoms with van der Waals surface area (Å²) in [5, 5.41) is 13.6. The normalized spacial score (nSPS) is 43.4. The Morgan fingerprint density at radius 1 is 1.07 bits per heavy atom. The Morgan fingerprint density at radius 2 is 1.93 bits per heavy atom. The van der Waals surface area contributed by atoms with Gasteiger partial charge >= 0.3 is 0 Å². The Kier molecular flexibility index (Phi) is 4.75. The number of aromatic nitrogens is 2. The summed E-state index contributed by atoms with van der Waals surface area (Å²) in [6.07, 6.45) is 17.9. The lowest BCUT2D eigenvalue weighted by molar-refractivity contribution is -0.0936. The quantitative estimate of drug-likeness (QED) is 0.452. The fraction of sp³-hybridized carbons (Fsp3) is 0.800. The van der Waals surface area contributed by atoms with E-state index in [2.05, 4.69) is 31.0 Å². The minimum atomic E-state index is 0.278. The number of hydrogen-bond acceptors (Lipinski definition) is 3. The molecule has 29 heavy (non-hydrogen) atoms. The Morgan fingerprint density at radius 3 is 2.72 bits per heavy atom. The maximum absolute atomic E-state index is 4.81. The molecule has 0 aromatic carbocycles. The minimum absolute atomic E-state index is 0.278. The van der Waals surface area contributed by atoms with E-state index in [1.165, 1.54) is 63.5 Å². The highest BCUT2D eigenvalue weighted by molar-refractivity contribution is 5.93. The molecule has 0 bridgehead atoms. The van der Waals surface area contributed by atoms with E-state index in [9.17, 15) is 0 Å². The fourth-order valence-electron chi connectivity index (χ4n) is 8.05. The van der Waals surface area contributed by atoms with Gasteiger partial charge in [-0.3, -0.25) is 4.68 Å². The van der Waals surface area contributed by atoms with Gasteiger partial charge in [-0.2, -0.15) is 15.3 Å². The SMILES string of the molecule is Cc1c(/C=N\N=C2/CC[C@@H]3[C@H]4CC[C@@H]5CCCC[C@]5(C)[C@@H]4CC[C@]23C)cnn1C. The Balaban J connectivity index is 1.37. The van der Waals surface area contributed by atoms with Gasteiger partial charge in [0.15, 0.2) is 0 Å². The van der Waals surface area contributed by atoms with Crippen LogP contribution in [0.25, 0.3) is 0 Å². The van der Waals surface area contributed by atoms with Gasteiger partial charge in [0.05, 0.1) is 12.4 Å². The van der Waals surface area contributed by atoms with Crippen LogP contribution in [-0.4, -0.2) is 21.7 Å². The van der Waals surface area contributed by atoms with Crippen LogP contribution in [0.3, 0.4) is 0 Å². The molecule has 0 amide bonds. The maximum Gasteiger partial charge on any atom is 0.0602 e. The topological polar surface area (TPSA) is 42.5 Å². The van der Waals surface area contributed by atoms with Gasteiger partial charge < -0.3 is 0 Å². The lowest BCUT2D eigenvalue weighted by Crippen LogP contribution is -2.52. The zero-order valence-corrected chi connectivity index (χ0v) is 18.8. The molecule has 0 saturated heterocycles. The second-order valence-electron chi connectivity index (χ2n) is 11.0. The summed E-state index contributed by atoms with van der Waals surface area (Å²) in [7, 11) is 1.97. The van der Waals surface area contributed by atoms with Crippen LogP contribution in [0.15, 0.2) is 16.4 Å². The van der Waals surface area contributed by atoms with Crippen LogP contribution >= 0.6 is 0 Å². The van der Waals surface area contributed by atoms with Gasteiger partial charge in [-0.1, -0.05) is 26.7 Å². The van der Waals surface area contributed by atoms with Crippen molar-refractivity contribution in [1.29, 1.82) is 0 Å². The van der Waals surface area contributed by atoms with Gasteiger partial charge in [0.25, 0.3) is 0 Å². The third-order valence-electron chi connectivity index (χ3n) is 9.97. The van der Waals surface area contributed by atoms with Crippen molar-refractivity contribution >= 4 is 11.9 Å². The zero-order valence-electron chi connectivity index (χ0n) is 18.8. The van der Waals surface area contributed by atoms with E-state index in [0.717, 1.165) is 41.3 Å². The molecule has 0 N–H and O–H groups in total. The monoisotopic (exact) mass is 394 g/mol. The number of fused-ring (bicyclic) bond motifs is 5. The van der Waals surface area contributed by atoms with E-state index >= 15 is 0 Å². The number of rotatable bonds is 2. The maximum atomic E-state index is 4.81. The van der Waals surface area contributed by atoms with E-state index in [1.54, 1.807) is 0 Å². The van der Waals surface area contributed by atoms with Crippen molar-refractivity contribution in [3.63, 3.8) is 0 Å². The minimum Gasteiger partial charge on any atom is -0.272 e. The summed E-state index contributed by atoms with van der Waals surface area (Å²) in [6.45, 7) is 7.26. The first-order valence-electron chi connectivity index (χ1n) is 12.0. The molecule has 4 fully saturated rings. The van der Waals surface area contributed by atoms with Crippen LogP contribution in [-0.2, 0) is 7.05 Å². The number of nitrogens with zero attached hydrogens (tertiary/aromatic N) is 4. The first-order chi connectivity index (χ1) is 13.9. The summed E-state index contributed by atoms with van der Waals surface area (Å²) >= 11 is 0. The first-order valence-corrected chi connectivity index (χ1v) is 12.0. The van der Waals surface area contributed by atoms with Gasteiger partial charge in [-0.15, -0.1) is 0 Å². The zero-order chi connectivity index (χ0) is 20.2. The number of hydrogen-bond donors (Lipinski definition) is 0. The summed E-state index contributed by atoms with van der Waals surface area (Å²) in [6, 6.07) is 0. The smallest absolute Gasteiger partial charge is 0.0602 e. The fourth-order valence-corrected chi connectivity index (χ4v) is 8.05. The molecule has 6 atom stereocenters. The molecule has 0 radical (unpaired) electrons. The number of aryl methyl sites for hydroxylation is 1. The van der Waals surface area contributed by atoms with Crippen LogP contribution < -0.4 is 0 Å². The Bertz CT molecular complexity index is 836. The van der Waals surface area contributed by atoms with Crippen LogP contribution in [0.5, 0.6) is 0 Å². The third kappa shape index (κ3) is 2.96. The molecule has 1 heterocycles. The van der Waals surface area contributed by atoms with Gasteiger partial charge in [0.2, 0.25) is 0 Å². The molecule has 5 rings (SSSR count). The van der Waals surface area contributed by atoms with Crippen LogP contribution in [0.1, 0.15) is 89.3 Å². The highest BCUT2D eigenvalue weighted by atomic mass is 15.3. The lowest BCUT2D eigenvalue weighted by atomic mass is 9.45. The van der Waals surface area contributed by atoms with Gasteiger partial charge in [-0.05, 0) is 87.4 Å². The molecule has 0 unspecified atom stereocenters. The third-order valence-corrected chi connectivity index (χ3v) is 9.97. The van der Waals surface area contributed by atoms with E-state index in [-0.39, 0.29) is 5.41 Å². The van der Waals surface area contributed by atoms with Crippen LogP contribution in [0.2, 0.25) is 0 Å². The average molecular weight is 395 g/mol. The van der Waals surface area contributed by atoms with Crippen molar-refractivity contribution in [3.8, 4) is 0 Å². The highest BCUT2D eigenvalue weighted by Gasteiger charge is 2.58. The average Bonchev–Trinajstić information content (AvgIpc) is 3.21. The Hall–Kier alpha value is -1.45. The molecule has 0 aliphatic heterocycles. The summed E-state index contributed by atoms with van der Waals surface area (Å²) in [4.78, 5) is 0. The van der Waals surface area contributed by atoms with Crippen molar-refractivity contribution < 1.29 is 0 Å². The summed E-state index contributed by atoms with van der Waals surface area (Å²) in [5.41, 5.74) is 4.49. The second-order valence-corrected chi connectivity index (χ2v) is 11.0.